The SMILES string of the molecule is [N-]=[N+]=NCO[C@H]1C[C@@H](n2c(C#CCN)nc3c(N)ncnc32)O[C@H]1COP(=O)(O)OP(=O)(O)OP(=O)(O)O. The summed E-state index contributed by atoms with van der Waals surface area (Å²) in [5, 5.41) is 3.25. The molecule has 8 N–H and O–H groups in total. The lowest BCUT2D eigenvalue weighted by atomic mass is 10.2. The van der Waals surface area contributed by atoms with E-state index in [1.165, 1.54) is 10.9 Å². The number of phosphoric acid groups is 3. The summed E-state index contributed by atoms with van der Waals surface area (Å²) in [5.74, 6) is 5.55. The standard InChI is InChI=1S/C14H20N9O12P3/c15-3-1-2-10-21-12-13(16)18-6-19-14(12)23(10)11-4-8(31-7-20-22-17)9(33-11)5-32-37(27,28)35-38(29,30)34-36(24,25)26/h6,8-9,11H,3-5,7,15H2,(H,27,28)(H,29,30)(H2,16,18,19)(H2,24,25,26)/t8-,9-,11-/m0/s1. The highest BCUT2D eigenvalue weighted by molar-refractivity contribution is 7.66. The van der Waals surface area contributed by atoms with Crippen molar-refractivity contribution in [2.45, 2.75) is 24.9 Å². The number of rotatable bonds is 11. The largest absolute Gasteiger partial charge is 0.490 e. The van der Waals surface area contributed by atoms with Crippen molar-refractivity contribution in [3.05, 3.63) is 22.6 Å². The molecule has 2 unspecified atom stereocenters. The number of nitrogens with zero attached hydrogens (tertiary/aromatic N) is 7. The predicted molar refractivity (Wildman–Crippen MR) is 123 cm³/mol. The van der Waals surface area contributed by atoms with Crippen LogP contribution >= 0.6 is 23.5 Å². The van der Waals surface area contributed by atoms with Crippen LogP contribution in [0.2, 0.25) is 0 Å². The first-order valence-corrected chi connectivity index (χ1v) is 14.5. The minimum Gasteiger partial charge on any atom is -0.382 e. The van der Waals surface area contributed by atoms with Crippen molar-refractivity contribution < 1.29 is 55.9 Å². The van der Waals surface area contributed by atoms with Crippen LogP contribution in [0.4, 0.5) is 5.82 Å². The van der Waals surface area contributed by atoms with E-state index in [9.17, 15) is 23.5 Å². The molecule has 1 saturated heterocycles. The van der Waals surface area contributed by atoms with Gasteiger partial charge in [0.1, 0.15) is 25.4 Å². The van der Waals surface area contributed by atoms with E-state index in [4.69, 9.17) is 36.3 Å². The van der Waals surface area contributed by atoms with Crippen molar-refractivity contribution in [2.75, 3.05) is 25.6 Å². The number of nitrogens with two attached hydrogens (primary N) is 2. The Balaban J connectivity index is 1.86. The lowest BCUT2D eigenvalue weighted by Crippen LogP contribution is -2.29. The molecule has 0 radical (unpaired) electrons. The maximum Gasteiger partial charge on any atom is 0.490 e. The van der Waals surface area contributed by atoms with Gasteiger partial charge < -0.3 is 40.5 Å². The number of fused-ring (bicyclic) bond motifs is 1. The molecule has 2 aromatic rings. The average Bonchev–Trinajstić information content (AvgIpc) is 3.35. The van der Waals surface area contributed by atoms with Crippen LogP contribution in [0.3, 0.4) is 0 Å². The zero-order chi connectivity index (χ0) is 28.1. The first-order valence-electron chi connectivity index (χ1n) is 9.99. The summed E-state index contributed by atoms with van der Waals surface area (Å²) in [5.41, 5.74) is 20.3. The number of ether oxygens (including phenoxy) is 2. The number of azide groups is 1. The summed E-state index contributed by atoms with van der Waals surface area (Å²) in [7, 11) is -16.7. The van der Waals surface area contributed by atoms with Crippen molar-refractivity contribution in [3.8, 4) is 11.8 Å². The van der Waals surface area contributed by atoms with Gasteiger partial charge in [-0.3, -0.25) is 9.09 Å². The van der Waals surface area contributed by atoms with E-state index in [0.29, 0.717) is 0 Å². The lowest BCUT2D eigenvalue weighted by molar-refractivity contribution is -0.0584. The minimum atomic E-state index is -5.73. The Labute approximate surface area is 212 Å². The van der Waals surface area contributed by atoms with E-state index in [0.717, 1.165) is 0 Å². The summed E-state index contributed by atoms with van der Waals surface area (Å²) < 4.78 is 59.3. The molecule has 0 saturated carbocycles. The molecular formula is C14H20N9O12P3. The van der Waals surface area contributed by atoms with Crippen molar-refractivity contribution >= 4 is 40.4 Å². The second-order valence-electron chi connectivity index (χ2n) is 7.06. The van der Waals surface area contributed by atoms with Gasteiger partial charge in [0.15, 0.2) is 22.8 Å². The Morgan fingerprint density at radius 1 is 1.24 bits per heavy atom. The van der Waals surface area contributed by atoms with Gasteiger partial charge in [-0.25, -0.2) is 28.6 Å². The maximum absolute atomic E-state index is 12.1. The van der Waals surface area contributed by atoms with Crippen LogP contribution in [0.1, 0.15) is 18.5 Å². The van der Waals surface area contributed by atoms with Gasteiger partial charge in [0.2, 0.25) is 0 Å². The molecule has 38 heavy (non-hydrogen) atoms. The average molecular weight is 599 g/mol. The summed E-state index contributed by atoms with van der Waals surface area (Å²) in [6, 6.07) is 0. The summed E-state index contributed by atoms with van der Waals surface area (Å²) >= 11 is 0. The van der Waals surface area contributed by atoms with Gasteiger partial charge in [-0.2, -0.15) is 8.62 Å². The van der Waals surface area contributed by atoms with Gasteiger partial charge in [-0.15, -0.1) is 0 Å². The van der Waals surface area contributed by atoms with Gasteiger partial charge in [0, 0.05) is 11.3 Å². The third-order valence-corrected chi connectivity index (χ3v) is 8.31. The summed E-state index contributed by atoms with van der Waals surface area (Å²) in [6.45, 7) is -1.30. The second kappa shape index (κ2) is 12.1. The minimum absolute atomic E-state index is 0.00194. The van der Waals surface area contributed by atoms with Crippen LogP contribution in [0, 0.1) is 11.8 Å². The number of imidazole rings is 1. The van der Waals surface area contributed by atoms with E-state index in [-0.39, 0.29) is 35.8 Å². The molecule has 3 heterocycles. The van der Waals surface area contributed by atoms with Gasteiger partial charge in [0.05, 0.1) is 19.3 Å². The highest BCUT2D eigenvalue weighted by Gasteiger charge is 2.44. The molecule has 0 aromatic carbocycles. The monoisotopic (exact) mass is 599 g/mol. The number of aromatic nitrogens is 4. The topological polar surface area (TPSA) is 323 Å². The van der Waals surface area contributed by atoms with Crippen molar-refractivity contribution in [3.63, 3.8) is 0 Å². The normalized spacial score (nSPS) is 22.7. The Kier molecular flexibility index (Phi) is 9.60. The van der Waals surface area contributed by atoms with Crippen LogP contribution in [0.25, 0.3) is 21.6 Å². The van der Waals surface area contributed by atoms with E-state index in [2.05, 4.69) is 50.0 Å². The van der Waals surface area contributed by atoms with E-state index in [1.54, 1.807) is 0 Å². The molecule has 5 atom stereocenters. The van der Waals surface area contributed by atoms with Gasteiger partial charge >= 0.3 is 23.5 Å². The fourth-order valence-corrected chi connectivity index (χ4v) is 6.26. The molecule has 1 aliphatic heterocycles. The van der Waals surface area contributed by atoms with Crippen LogP contribution in [0.15, 0.2) is 11.4 Å². The van der Waals surface area contributed by atoms with Crippen molar-refractivity contribution in [2.24, 2.45) is 10.8 Å². The summed E-state index contributed by atoms with van der Waals surface area (Å²) in [6.07, 6.45) is -1.96. The molecular weight excluding hydrogens is 579 g/mol. The highest BCUT2D eigenvalue weighted by atomic mass is 31.3. The van der Waals surface area contributed by atoms with E-state index in [1.807, 2.05) is 0 Å². The molecule has 2 aromatic heterocycles. The quantitative estimate of drug-likeness (QED) is 0.0650. The van der Waals surface area contributed by atoms with Crippen LogP contribution in [-0.4, -0.2) is 71.2 Å². The zero-order valence-corrected chi connectivity index (χ0v) is 21.5. The Hall–Kier alpha value is -2.49. The molecule has 208 valence electrons. The molecule has 3 rings (SSSR count). The summed E-state index contributed by atoms with van der Waals surface area (Å²) in [4.78, 5) is 51.2. The fourth-order valence-electron chi connectivity index (χ4n) is 3.23. The molecule has 0 spiro atoms. The van der Waals surface area contributed by atoms with Gasteiger partial charge in [-0.05, 0) is 11.5 Å². The molecule has 21 nitrogen and oxygen atoms in total. The molecule has 0 amide bonds. The van der Waals surface area contributed by atoms with Crippen LogP contribution < -0.4 is 11.5 Å². The smallest absolute Gasteiger partial charge is 0.382 e. The Bertz CT molecular complexity index is 1430. The third kappa shape index (κ3) is 8.01. The Morgan fingerprint density at radius 3 is 2.63 bits per heavy atom. The molecule has 24 heteroatoms. The highest BCUT2D eigenvalue weighted by Crippen LogP contribution is 2.66. The number of anilines is 1. The number of hydrogen-bond donors (Lipinski definition) is 6. The third-order valence-electron chi connectivity index (χ3n) is 4.50. The van der Waals surface area contributed by atoms with Gasteiger partial charge in [0.25, 0.3) is 0 Å². The van der Waals surface area contributed by atoms with Crippen LogP contribution in [-0.2, 0) is 36.3 Å². The maximum atomic E-state index is 12.1. The molecule has 1 fully saturated rings. The molecule has 0 aliphatic carbocycles. The first-order chi connectivity index (χ1) is 17.8. The van der Waals surface area contributed by atoms with Crippen molar-refractivity contribution in [1.82, 2.24) is 19.5 Å². The van der Waals surface area contributed by atoms with Crippen molar-refractivity contribution in [1.29, 1.82) is 0 Å². The van der Waals surface area contributed by atoms with E-state index < -0.39 is 55.2 Å². The predicted octanol–water partition coefficient (Wildman–Crippen LogP) is 0.00250. The van der Waals surface area contributed by atoms with Gasteiger partial charge in [-0.1, -0.05) is 11.0 Å². The number of hydrogen-bond acceptors (Lipinski definition) is 14. The fraction of sp³-hybridized carbons (Fsp3) is 0.500. The van der Waals surface area contributed by atoms with Crippen LogP contribution in [0.5, 0.6) is 0 Å². The number of phosphoric ester groups is 1. The number of nitrogen functional groups attached to an aromatic ring is 1. The first kappa shape index (κ1) is 30.1. The lowest BCUT2D eigenvalue weighted by Gasteiger charge is -2.21. The Morgan fingerprint density at radius 2 is 1.97 bits per heavy atom. The second-order valence-corrected chi connectivity index (χ2v) is 11.5. The molecule has 1 aliphatic rings. The van der Waals surface area contributed by atoms with E-state index >= 15 is 0 Å². The zero-order valence-electron chi connectivity index (χ0n) is 18.8. The molecule has 0 bridgehead atoms.